The van der Waals surface area contributed by atoms with Crippen molar-refractivity contribution in [2.45, 2.75) is 52.0 Å². The molecule has 1 aliphatic heterocycles. The van der Waals surface area contributed by atoms with Gasteiger partial charge in [0.15, 0.2) is 0 Å². The van der Waals surface area contributed by atoms with Crippen LogP contribution in [-0.2, 0) is 4.79 Å². The van der Waals surface area contributed by atoms with Gasteiger partial charge < -0.3 is 10.2 Å². The molecule has 0 aliphatic carbocycles. The minimum atomic E-state index is 0. The SMILES string of the molecule is CCC(C)C1CCCCN1C(=O)CCNC.Cl. The molecule has 2 atom stereocenters. The van der Waals surface area contributed by atoms with Crippen LogP contribution in [0.1, 0.15) is 46.0 Å². The molecule has 1 amide bonds. The van der Waals surface area contributed by atoms with Crippen LogP contribution >= 0.6 is 12.4 Å². The summed E-state index contributed by atoms with van der Waals surface area (Å²) in [6, 6.07) is 0.489. The fraction of sp³-hybridized carbons (Fsp3) is 0.923. The van der Waals surface area contributed by atoms with Crippen molar-refractivity contribution in [2.24, 2.45) is 5.92 Å². The zero-order chi connectivity index (χ0) is 12.0. The Morgan fingerprint density at radius 2 is 2.18 bits per heavy atom. The number of amides is 1. The van der Waals surface area contributed by atoms with E-state index in [1.54, 1.807) is 0 Å². The maximum absolute atomic E-state index is 12.1. The number of halogens is 1. The Morgan fingerprint density at radius 3 is 2.76 bits per heavy atom. The highest BCUT2D eigenvalue weighted by Crippen LogP contribution is 2.25. The van der Waals surface area contributed by atoms with Crippen LogP contribution in [0, 0.1) is 5.92 Å². The second kappa shape index (κ2) is 8.76. The minimum Gasteiger partial charge on any atom is -0.339 e. The number of hydrogen-bond acceptors (Lipinski definition) is 2. The highest BCUT2D eigenvalue weighted by Gasteiger charge is 2.29. The number of rotatable bonds is 5. The van der Waals surface area contributed by atoms with E-state index in [-0.39, 0.29) is 12.4 Å². The number of likely N-dealkylation sites (tertiary alicyclic amines) is 1. The lowest BCUT2D eigenvalue weighted by molar-refractivity contribution is -0.136. The minimum absolute atomic E-state index is 0. The first kappa shape index (κ1) is 16.7. The van der Waals surface area contributed by atoms with E-state index in [1.165, 1.54) is 25.7 Å². The molecule has 1 N–H and O–H groups in total. The molecule has 1 saturated heterocycles. The highest BCUT2D eigenvalue weighted by molar-refractivity contribution is 5.85. The fourth-order valence-corrected chi connectivity index (χ4v) is 2.51. The third-order valence-corrected chi connectivity index (χ3v) is 3.76. The molecule has 1 heterocycles. The van der Waals surface area contributed by atoms with Gasteiger partial charge in [0.1, 0.15) is 0 Å². The van der Waals surface area contributed by atoms with Gasteiger partial charge in [-0.25, -0.2) is 0 Å². The molecule has 102 valence electrons. The van der Waals surface area contributed by atoms with Crippen LogP contribution in [0.4, 0.5) is 0 Å². The van der Waals surface area contributed by atoms with Gasteiger partial charge in [0.2, 0.25) is 5.91 Å². The van der Waals surface area contributed by atoms with Crippen LogP contribution in [0.25, 0.3) is 0 Å². The first-order chi connectivity index (χ1) is 7.70. The van der Waals surface area contributed by atoms with E-state index < -0.39 is 0 Å². The topological polar surface area (TPSA) is 32.3 Å². The van der Waals surface area contributed by atoms with E-state index in [9.17, 15) is 4.79 Å². The van der Waals surface area contributed by atoms with Crippen LogP contribution < -0.4 is 5.32 Å². The summed E-state index contributed by atoms with van der Waals surface area (Å²) in [7, 11) is 1.90. The van der Waals surface area contributed by atoms with Gasteiger partial charge in [0.05, 0.1) is 0 Å². The Kier molecular flexibility index (Phi) is 8.61. The van der Waals surface area contributed by atoms with Crippen LogP contribution in [0.3, 0.4) is 0 Å². The maximum Gasteiger partial charge on any atom is 0.224 e. The smallest absolute Gasteiger partial charge is 0.224 e. The lowest BCUT2D eigenvalue weighted by Gasteiger charge is -2.39. The number of carbonyl (C=O) groups excluding carboxylic acids is 1. The lowest BCUT2D eigenvalue weighted by atomic mass is 9.89. The van der Waals surface area contributed by atoms with Crippen LogP contribution in [0.5, 0.6) is 0 Å². The quantitative estimate of drug-likeness (QED) is 0.826. The van der Waals surface area contributed by atoms with Crippen molar-refractivity contribution < 1.29 is 4.79 Å². The maximum atomic E-state index is 12.1. The van der Waals surface area contributed by atoms with Gasteiger partial charge in [-0.3, -0.25) is 4.79 Å². The van der Waals surface area contributed by atoms with Gasteiger partial charge in [-0.15, -0.1) is 12.4 Å². The molecular formula is C13H27ClN2O. The molecule has 3 nitrogen and oxygen atoms in total. The van der Waals surface area contributed by atoms with E-state index in [1.807, 2.05) is 7.05 Å². The van der Waals surface area contributed by atoms with Crippen molar-refractivity contribution in [3.05, 3.63) is 0 Å². The summed E-state index contributed by atoms with van der Waals surface area (Å²) in [5.74, 6) is 0.971. The number of hydrogen-bond donors (Lipinski definition) is 1. The molecule has 17 heavy (non-hydrogen) atoms. The van der Waals surface area contributed by atoms with Crippen molar-refractivity contribution >= 4 is 18.3 Å². The summed E-state index contributed by atoms with van der Waals surface area (Å²) >= 11 is 0. The molecule has 0 radical (unpaired) electrons. The number of piperidine rings is 1. The Labute approximate surface area is 112 Å². The molecule has 1 aliphatic rings. The first-order valence-electron chi connectivity index (χ1n) is 6.64. The molecule has 0 aromatic rings. The van der Waals surface area contributed by atoms with Crippen molar-refractivity contribution in [3.8, 4) is 0 Å². The summed E-state index contributed by atoms with van der Waals surface area (Å²) in [4.78, 5) is 14.2. The fourth-order valence-electron chi connectivity index (χ4n) is 2.51. The van der Waals surface area contributed by atoms with Gasteiger partial charge in [-0.05, 0) is 32.2 Å². The Hall–Kier alpha value is -0.280. The van der Waals surface area contributed by atoms with Crippen LogP contribution in [-0.4, -0.2) is 37.0 Å². The van der Waals surface area contributed by atoms with Crippen LogP contribution in [0.15, 0.2) is 0 Å². The van der Waals surface area contributed by atoms with Crippen molar-refractivity contribution in [1.82, 2.24) is 10.2 Å². The molecule has 0 bridgehead atoms. The normalized spacial score (nSPS) is 21.8. The summed E-state index contributed by atoms with van der Waals surface area (Å²) in [6.07, 6.45) is 5.47. The average Bonchev–Trinajstić information content (AvgIpc) is 2.35. The van der Waals surface area contributed by atoms with Gasteiger partial charge in [-0.1, -0.05) is 20.3 Å². The molecular weight excluding hydrogens is 236 g/mol. The summed E-state index contributed by atoms with van der Waals surface area (Å²) < 4.78 is 0. The standard InChI is InChI=1S/C13H26N2O.ClH/c1-4-11(2)12-7-5-6-10-15(12)13(16)8-9-14-3;/h11-12,14H,4-10H2,1-3H3;1H. The third-order valence-electron chi connectivity index (χ3n) is 3.76. The number of carbonyl (C=O) groups is 1. The Morgan fingerprint density at radius 1 is 1.47 bits per heavy atom. The van der Waals surface area contributed by atoms with E-state index in [0.29, 0.717) is 24.3 Å². The van der Waals surface area contributed by atoms with Crippen LogP contribution in [0.2, 0.25) is 0 Å². The van der Waals surface area contributed by atoms with Crippen molar-refractivity contribution in [2.75, 3.05) is 20.1 Å². The summed E-state index contributed by atoms with van der Waals surface area (Å²) in [6.45, 7) is 6.25. The highest BCUT2D eigenvalue weighted by atomic mass is 35.5. The van der Waals surface area contributed by atoms with Gasteiger partial charge in [-0.2, -0.15) is 0 Å². The predicted octanol–water partition coefficient (Wildman–Crippen LogP) is 2.44. The van der Waals surface area contributed by atoms with E-state index in [4.69, 9.17) is 0 Å². The van der Waals surface area contributed by atoms with E-state index in [2.05, 4.69) is 24.1 Å². The largest absolute Gasteiger partial charge is 0.339 e. The number of nitrogens with one attached hydrogen (secondary N) is 1. The second-order valence-electron chi connectivity index (χ2n) is 4.89. The number of nitrogens with zero attached hydrogens (tertiary/aromatic N) is 1. The average molecular weight is 263 g/mol. The zero-order valence-electron chi connectivity index (χ0n) is 11.4. The third kappa shape index (κ3) is 4.84. The molecule has 0 aromatic carbocycles. The molecule has 4 heteroatoms. The first-order valence-corrected chi connectivity index (χ1v) is 6.64. The molecule has 0 saturated carbocycles. The van der Waals surface area contributed by atoms with Crippen molar-refractivity contribution in [1.29, 1.82) is 0 Å². The van der Waals surface area contributed by atoms with Crippen molar-refractivity contribution in [3.63, 3.8) is 0 Å². The molecule has 0 spiro atoms. The van der Waals surface area contributed by atoms with Gasteiger partial charge >= 0.3 is 0 Å². The lowest BCUT2D eigenvalue weighted by Crippen LogP contribution is -2.47. The predicted molar refractivity (Wildman–Crippen MR) is 74.6 cm³/mol. The second-order valence-corrected chi connectivity index (χ2v) is 4.89. The summed E-state index contributed by atoms with van der Waals surface area (Å²) in [5.41, 5.74) is 0. The van der Waals surface area contributed by atoms with E-state index >= 15 is 0 Å². The zero-order valence-corrected chi connectivity index (χ0v) is 12.2. The van der Waals surface area contributed by atoms with E-state index in [0.717, 1.165) is 13.1 Å². The van der Waals surface area contributed by atoms with Gasteiger partial charge in [0, 0.05) is 25.6 Å². The monoisotopic (exact) mass is 262 g/mol. The molecule has 2 unspecified atom stereocenters. The Balaban J connectivity index is 0.00000256. The van der Waals surface area contributed by atoms with Gasteiger partial charge in [0.25, 0.3) is 0 Å². The molecule has 1 fully saturated rings. The molecule has 1 rings (SSSR count). The Bertz CT molecular complexity index is 223. The summed E-state index contributed by atoms with van der Waals surface area (Å²) in [5, 5.41) is 3.05. The molecule has 0 aromatic heterocycles.